The molecule has 1 aliphatic heterocycles. The fourth-order valence-corrected chi connectivity index (χ4v) is 2.82. The largest absolute Gasteiger partial charge is 0.344 e. The number of nitrogens with zero attached hydrogens (tertiary/aromatic N) is 2. The first-order valence-corrected chi connectivity index (χ1v) is 7.32. The standard InChI is InChI=1S/C16H20N4O/c1-3-12-9-18-15(19-12)14-8-11-6-4-5-7-13(11)20(14)16(21)10(2)17/h4-7,9-10,14H,3,8,17H2,1-2H3,(H,18,19)/t10-,14+/m0/s1. The van der Waals surface area contributed by atoms with Crippen molar-refractivity contribution in [1.29, 1.82) is 0 Å². The Morgan fingerprint density at radius 2 is 2.29 bits per heavy atom. The summed E-state index contributed by atoms with van der Waals surface area (Å²) in [6.07, 6.45) is 3.51. The second-order valence-corrected chi connectivity index (χ2v) is 5.49. The van der Waals surface area contributed by atoms with Crippen LogP contribution in [0.2, 0.25) is 0 Å². The van der Waals surface area contributed by atoms with E-state index in [9.17, 15) is 4.79 Å². The van der Waals surface area contributed by atoms with Crippen LogP contribution >= 0.6 is 0 Å². The predicted molar refractivity (Wildman–Crippen MR) is 82.0 cm³/mol. The fraction of sp³-hybridized carbons (Fsp3) is 0.375. The molecule has 0 spiro atoms. The number of para-hydroxylation sites is 1. The number of aromatic amines is 1. The lowest BCUT2D eigenvalue weighted by Crippen LogP contribution is -2.43. The molecule has 5 heteroatoms. The number of rotatable bonds is 3. The summed E-state index contributed by atoms with van der Waals surface area (Å²) in [6, 6.07) is 7.35. The van der Waals surface area contributed by atoms with Gasteiger partial charge in [-0.05, 0) is 25.0 Å². The molecule has 5 nitrogen and oxygen atoms in total. The van der Waals surface area contributed by atoms with Crippen LogP contribution in [0.3, 0.4) is 0 Å². The molecule has 0 radical (unpaired) electrons. The van der Waals surface area contributed by atoms with Crippen LogP contribution in [0.1, 0.15) is 37.0 Å². The van der Waals surface area contributed by atoms with Gasteiger partial charge >= 0.3 is 0 Å². The van der Waals surface area contributed by atoms with E-state index in [2.05, 4.69) is 23.0 Å². The molecule has 3 N–H and O–H groups in total. The van der Waals surface area contributed by atoms with Crippen molar-refractivity contribution < 1.29 is 4.79 Å². The van der Waals surface area contributed by atoms with Gasteiger partial charge in [-0.25, -0.2) is 4.98 Å². The number of hydrogen-bond acceptors (Lipinski definition) is 3. The summed E-state index contributed by atoms with van der Waals surface area (Å²) in [4.78, 5) is 22.1. The van der Waals surface area contributed by atoms with Crippen LogP contribution in [-0.4, -0.2) is 21.9 Å². The minimum Gasteiger partial charge on any atom is -0.344 e. The summed E-state index contributed by atoms with van der Waals surface area (Å²) < 4.78 is 0. The van der Waals surface area contributed by atoms with Crippen LogP contribution in [0.15, 0.2) is 30.5 Å². The van der Waals surface area contributed by atoms with Gasteiger partial charge < -0.3 is 10.7 Å². The molecule has 1 aliphatic rings. The van der Waals surface area contributed by atoms with Crippen molar-refractivity contribution in [3.63, 3.8) is 0 Å². The molecule has 0 saturated carbocycles. The van der Waals surface area contributed by atoms with Gasteiger partial charge in [0.15, 0.2) is 0 Å². The van der Waals surface area contributed by atoms with E-state index in [0.29, 0.717) is 0 Å². The van der Waals surface area contributed by atoms with Gasteiger partial charge in [-0.1, -0.05) is 25.1 Å². The Kier molecular flexibility index (Phi) is 3.51. The summed E-state index contributed by atoms with van der Waals surface area (Å²) in [7, 11) is 0. The Balaban J connectivity index is 2.02. The summed E-state index contributed by atoms with van der Waals surface area (Å²) in [5.41, 5.74) is 9.00. The molecule has 1 amide bonds. The SMILES string of the molecule is CCc1cnc([C@H]2Cc3ccccc3N2C(=O)[C@H](C)N)[nH]1. The normalized spacial score (nSPS) is 18.6. The summed E-state index contributed by atoms with van der Waals surface area (Å²) in [6.45, 7) is 3.80. The molecule has 0 bridgehead atoms. The highest BCUT2D eigenvalue weighted by Gasteiger charge is 2.37. The molecule has 1 aromatic carbocycles. The minimum absolute atomic E-state index is 0.0700. The molecule has 2 heterocycles. The van der Waals surface area contributed by atoms with Gasteiger partial charge in [0, 0.05) is 24.0 Å². The van der Waals surface area contributed by atoms with Crippen LogP contribution in [0.4, 0.5) is 5.69 Å². The number of imidazole rings is 1. The number of carbonyl (C=O) groups is 1. The highest BCUT2D eigenvalue weighted by molar-refractivity contribution is 5.99. The van der Waals surface area contributed by atoms with Crippen LogP contribution in [0.25, 0.3) is 0 Å². The lowest BCUT2D eigenvalue weighted by Gasteiger charge is -2.26. The van der Waals surface area contributed by atoms with Crippen LogP contribution < -0.4 is 10.6 Å². The zero-order chi connectivity index (χ0) is 15.0. The van der Waals surface area contributed by atoms with Crippen molar-refractivity contribution in [1.82, 2.24) is 9.97 Å². The third-order valence-electron chi connectivity index (χ3n) is 3.95. The van der Waals surface area contributed by atoms with Crippen molar-refractivity contribution in [2.75, 3.05) is 4.90 Å². The van der Waals surface area contributed by atoms with Crippen LogP contribution in [0, 0.1) is 0 Å². The first-order valence-electron chi connectivity index (χ1n) is 7.32. The number of nitrogens with two attached hydrogens (primary N) is 1. The number of H-pyrrole nitrogens is 1. The second-order valence-electron chi connectivity index (χ2n) is 5.49. The molecular formula is C16H20N4O. The van der Waals surface area contributed by atoms with Gasteiger partial charge in [0.25, 0.3) is 0 Å². The summed E-state index contributed by atoms with van der Waals surface area (Å²) in [5, 5.41) is 0. The van der Waals surface area contributed by atoms with Crippen molar-refractivity contribution in [3.05, 3.63) is 47.5 Å². The number of nitrogens with one attached hydrogen (secondary N) is 1. The molecule has 2 atom stereocenters. The molecule has 3 rings (SSSR count). The highest BCUT2D eigenvalue weighted by atomic mass is 16.2. The van der Waals surface area contributed by atoms with E-state index in [4.69, 9.17) is 5.73 Å². The van der Waals surface area contributed by atoms with Gasteiger partial charge in [-0.2, -0.15) is 0 Å². The van der Waals surface area contributed by atoms with E-state index in [0.717, 1.165) is 35.6 Å². The molecular weight excluding hydrogens is 264 g/mol. The van der Waals surface area contributed by atoms with Gasteiger partial charge in [-0.3, -0.25) is 9.69 Å². The molecule has 2 aromatic rings. The summed E-state index contributed by atoms with van der Waals surface area (Å²) >= 11 is 0. The zero-order valence-corrected chi connectivity index (χ0v) is 12.3. The third kappa shape index (κ3) is 2.34. The van der Waals surface area contributed by atoms with Crippen molar-refractivity contribution in [2.24, 2.45) is 5.73 Å². The molecule has 1 aromatic heterocycles. The Labute approximate surface area is 124 Å². The number of carbonyl (C=O) groups excluding carboxylic acids is 1. The predicted octanol–water partition coefficient (Wildman–Crippen LogP) is 1.95. The molecule has 0 aliphatic carbocycles. The quantitative estimate of drug-likeness (QED) is 0.904. The number of anilines is 1. The van der Waals surface area contributed by atoms with E-state index in [1.807, 2.05) is 24.4 Å². The molecule has 0 fully saturated rings. The monoisotopic (exact) mass is 284 g/mol. The maximum Gasteiger partial charge on any atom is 0.244 e. The van der Waals surface area contributed by atoms with Crippen molar-refractivity contribution in [3.8, 4) is 0 Å². The number of fused-ring (bicyclic) bond motifs is 1. The Morgan fingerprint density at radius 1 is 1.52 bits per heavy atom. The van der Waals surface area contributed by atoms with E-state index < -0.39 is 6.04 Å². The zero-order valence-electron chi connectivity index (χ0n) is 12.3. The van der Waals surface area contributed by atoms with Crippen molar-refractivity contribution in [2.45, 2.75) is 38.8 Å². The fourth-order valence-electron chi connectivity index (χ4n) is 2.82. The number of benzene rings is 1. The second kappa shape index (κ2) is 5.33. The molecule has 0 saturated heterocycles. The smallest absolute Gasteiger partial charge is 0.244 e. The Hall–Kier alpha value is -2.14. The lowest BCUT2D eigenvalue weighted by atomic mass is 10.1. The highest BCUT2D eigenvalue weighted by Crippen LogP contribution is 2.39. The van der Waals surface area contributed by atoms with Gasteiger partial charge in [-0.15, -0.1) is 0 Å². The Morgan fingerprint density at radius 3 is 2.95 bits per heavy atom. The number of aryl methyl sites for hydroxylation is 1. The lowest BCUT2D eigenvalue weighted by molar-refractivity contribution is -0.119. The third-order valence-corrected chi connectivity index (χ3v) is 3.95. The summed E-state index contributed by atoms with van der Waals surface area (Å²) in [5.74, 6) is 0.761. The van der Waals surface area contributed by atoms with E-state index in [-0.39, 0.29) is 11.9 Å². The molecule has 0 unspecified atom stereocenters. The molecule has 110 valence electrons. The average molecular weight is 284 g/mol. The molecule has 21 heavy (non-hydrogen) atoms. The van der Waals surface area contributed by atoms with Crippen molar-refractivity contribution >= 4 is 11.6 Å². The van der Waals surface area contributed by atoms with E-state index in [1.54, 1.807) is 11.8 Å². The first-order chi connectivity index (χ1) is 10.1. The maximum absolute atomic E-state index is 12.5. The van der Waals surface area contributed by atoms with Gasteiger partial charge in [0.2, 0.25) is 5.91 Å². The van der Waals surface area contributed by atoms with Crippen LogP contribution in [0.5, 0.6) is 0 Å². The maximum atomic E-state index is 12.5. The topological polar surface area (TPSA) is 75.0 Å². The van der Waals surface area contributed by atoms with E-state index >= 15 is 0 Å². The van der Waals surface area contributed by atoms with Crippen LogP contribution in [-0.2, 0) is 17.6 Å². The van der Waals surface area contributed by atoms with E-state index in [1.165, 1.54) is 0 Å². The Bertz CT molecular complexity index is 662. The number of aromatic nitrogens is 2. The first kappa shape index (κ1) is 13.8. The average Bonchev–Trinajstić information content (AvgIpc) is 3.10. The minimum atomic E-state index is -0.528. The number of amides is 1. The van der Waals surface area contributed by atoms with Gasteiger partial charge in [0.05, 0.1) is 12.1 Å². The number of hydrogen-bond donors (Lipinski definition) is 2. The van der Waals surface area contributed by atoms with Gasteiger partial charge in [0.1, 0.15) is 5.82 Å².